The third kappa shape index (κ3) is 6.70. The van der Waals surface area contributed by atoms with Crippen LogP contribution in [0.5, 0.6) is 5.75 Å². The van der Waals surface area contributed by atoms with Gasteiger partial charge in [-0.25, -0.2) is 4.79 Å². The standard InChI is InChI=1S/C37H47NO3/c1-7-29(38-30-15-16-30)19-22-41-34-18-14-27(25-9-11-26(12-10-25)35(39)40-8-2)23-31(34)28-13-17-32-33(24-28)37(5,6)21-20-36(32,3)4/h9-14,17-18,23-24,29-30,38H,7-8,15-16,19-22H2,1-6H3. The number of hydrogen-bond donors (Lipinski definition) is 1. The van der Waals surface area contributed by atoms with Gasteiger partial charge in [-0.1, -0.05) is 71.0 Å². The number of fused-ring (bicyclic) bond motifs is 1. The number of hydrogen-bond acceptors (Lipinski definition) is 4. The minimum Gasteiger partial charge on any atom is -0.493 e. The maximum Gasteiger partial charge on any atom is 0.338 e. The molecule has 0 aromatic heterocycles. The van der Waals surface area contributed by atoms with E-state index in [1.807, 2.05) is 31.2 Å². The molecule has 0 saturated heterocycles. The number of benzene rings is 3. The number of carbonyl (C=O) groups excluding carboxylic acids is 1. The van der Waals surface area contributed by atoms with Gasteiger partial charge >= 0.3 is 5.97 Å². The lowest BCUT2D eigenvalue weighted by Crippen LogP contribution is -2.33. The molecule has 1 saturated carbocycles. The quantitative estimate of drug-likeness (QED) is 0.241. The van der Waals surface area contributed by atoms with Gasteiger partial charge in [0, 0.05) is 17.6 Å². The van der Waals surface area contributed by atoms with Crippen LogP contribution in [0.25, 0.3) is 22.3 Å². The Labute approximate surface area is 246 Å². The number of rotatable bonds is 11. The van der Waals surface area contributed by atoms with E-state index in [1.54, 1.807) is 0 Å². The highest BCUT2D eigenvalue weighted by Gasteiger charge is 2.37. The molecule has 1 atom stereocenters. The van der Waals surface area contributed by atoms with Gasteiger partial charge in [0.15, 0.2) is 0 Å². The molecule has 0 spiro atoms. The number of nitrogens with one attached hydrogen (secondary N) is 1. The lowest BCUT2D eigenvalue weighted by molar-refractivity contribution is 0.0526. The van der Waals surface area contributed by atoms with Crippen molar-refractivity contribution in [2.24, 2.45) is 0 Å². The van der Waals surface area contributed by atoms with Gasteiger partial charge in [-0.2, -0.15) is 0 Å². The van der Waals surface area contributed by atoms with Crippen molar-refractivity contribution in [3.05, 3.63) is 77.4 Å². The normalized spacial score (nSPS) is 17.9. The predicted molar refractivity (Wildman–Crippen MR) is 169 cm³/mol. The Hall–Kier alpha value is -3.11. The average Bonchev–Trinajstić information content (AvgIpc) is 3.79. The monoisotopic (exact) mass is 553 g/mol. The molecular weight excluding hydrogens is 506 g/mol. The van der Waals surface area contributed by atoms with Gasteiger partial charge in [0.25, 0.3) is 0 Å². The number of carbonyl (C=O) groups is 1. The summed E-state index contributed by atoms with van der Waals surface area (Å²) in [7, 11) is 0. The van der Waals surface area contributed by atoms with Gasteiger partial charge in [0.2, 0.25) is 0 Å². The average molecular weight is 554 g/mol. The third-order valence-corrected chi connectivity index (χ3v) is 9.14. The molecule has 2 aliphatic rings. The zero-order chi connectivity index (χ0) is 29.2. The summed E-state index contributed by atoms with van der Waals surface area (Å²) in [5, 5.41) is 3.76. The molecule has 0 amide bonds. The molecule has 0 radical (unpaired) electrons. The van der Waals surface area contributed by atoms with E-state index in [1.165, 1.54) is 42.4 Å². The molecule has 0 heterocycles. The van der Waals surface area contributed by atoms with Crippen LogP contribution in [-0.4, -0.2) is 31.3 Å². The second-order valence-electron chi connectivity index (χ2n) is 13.2. The molecule has 2 aliphatic carbocycles. The summed E-state index contributed by atoms with van der Waals surface area (Å²) in [6, 6.07) is 22.4. The maximum absolute atomic E-state index is 12.2. The van der Waals surface area contributed by atoms with E-state index in [0.717, 1.165) is 35.3 Å². The molecule has 0 aliphatic heterocycles. The van der Waals surface area contributed by atoms with Crippen LogP contribution in [0.1, 0.15) is 102 Å². The van der Waals surface area contributed by atoms with Gasteiger partial charge < -0.3 is 14.8 Å². The van der Waals surface area contributed by atoms with Gasteiger partial charge in [-0.05, 0) is 108 Å². The van der Waals surface area contributed by atoms with Crippen molar-refractivity contribution in [2.45, 2.75) is 103 Å². The fourth-order valence-electron chi connectivity index (χ4n) is 6.13. The van der Waals surface area contributed by atoms with E-state index in [4.69, 9.17) is 9.47 Å². The maximum atomic E-state index is 12.2. The Morgan fingerprint density at radius 1 is 0.854 bits per heavy atom. The molecule has 3 aromatic carbocycles. The lowest BCUT2D eigenvalue weighted by Gasteiger charge is -2.42. The van der Waals surface area contributed by atoms with Gasteiger partial charge in [0.05, 0.1) is 18.8 Å². The summed E-state index contributed by atoms with van der Waals surface area (Å²) < 4.78 is 11.7. The summed E-state index contributed by atoms with van der Waals surface area (Å²) in [6.07, 6.45) is 7.09. The van der Waals surface area contributed by atoms with E-state index < -0.39 is 0 Å². The first-order valence-electron chi connectivity index (χ1n) is 15.6. The predicted octanol–water partition coefficient (Wildman–Crippen LogP) is 8.85. The topological polar surface area (TPSA) is 47.6 Å². The first-order valence-corrected chi connectivity index (χ1v) is 15.6. The van der Waals surface area contributed by atoms with Crippen molar-refractivity contribution in [1.82, 2.24) is 5.32 Å². The van der Waals surface area contributed by atoms with Crippen LogP contribution in [0.4, 0.5) is 0 Å². The lowest BCUT2D eigenvalue weighted by atomic mass is 9.63. The fraction of sp³-hybridized carbons (Fsp3) is 0.486. The Balaban J connectivity index is 1.49. The van der Waals surface area contributed by atoms with Crippen molar-refractivity contribution >= 4 is 5.97 Å². The van der Waals surface area contributed by atoms with Crippen LogP contribution in [-0.2, 0) is 15.6 Å². The summed E-state index contributed by atoms with van der Waals surface area (Å²) in [5.41, 5.74) is 8.25. The summed E-state index contributed by atoms with van der Waals surface area (Å²) in [4.78, 5) is 12.2. The van der Waals surface area contributed by atoms with Crippen LogP contribution in [0.15, 0.2) is 60.7 Å². The highest BCUT2D eigenvalue weighted by Crippen LogP contribution is 2.47. The zero-order valence-corrected chi connectivity index (χ0v) is 25.8. The van der Waals surface area contributed by atoms with E-state index in [0.29, 0.717) is 30.9 Å². The van der Waals surface area contributed by atoms with Gasteiger partial charge in [0.1, 0.15) is 5.75 Å². The molecule has 1 fully saturated rings. The van der Waals surface area contributed by atoms with Crippen molar-refractivity contribution in [2.75, 3.05) is 13.2 Å². The largest absolute Gasteiger partial charge is 0.493 e. The minimum atomic E-state index is -0.287. The van der Waals surface area contributed by atoms with Gasteiger partial charge in [-0.15, -0.1) is 0 Å². The van der Waals surface area contributed by atoms with Gasteiger partial charge in [-0.3, -0.25) is 0 Å². The molecule has 1 N–H and O–H groups in total. The molecule has 4 nitrogen and oxygen atoms in total. The second-order valence-corrected chi connectivity index (χ2v) is 13.2. The van der Waals surface area contributed by atoms with E-state index in [2.05, 4.69) is 76.3 Å². The number of esters is 1. The molecule has 218 valence electrons. The molecule has 3 aromatic rings. The van der Waals surface area contributed by atoms with E-state index >= 15 is 0 Å². The van der Waals surface area contributed by atoms with Crippen LogP contribution >= 0.6 is 0 Å². The SMILES string of the molecule is CCOC(=O)c1ccc(-c2ccc(OCCC(CC)NC3CC3)c(-c3ccc4c(c3)C(C)(C)CCC4(C)C)c2)cc1. The highest BCUT2D eigenvalue weighted by molar-refractivity contribution is 5.90. The molecule has 1 unspecified atom stereocenters. The Morgan fingerprint density at radius 2 is 1.51 bits per heavy atom. The number of ether oxygens (including phenoxy) is 2. The fourth-order valence-corrected chi connectivity index (χ4v) is 6.13. The Kier molecular flexibility index (Phi) is 8.61. The van der Waals surface area contributed by atoms with Crippen molar-refractivity contribution in [3.8, 4) is 28.0 Å². The minimum absolute atomic E-state index is 0.130. The summed E-state index contributed by atoms with van der Waals surface area (Å²) in [5.74, 6) is 0.635. The summed E-state index contributed by atoms with van der Waals surface area (Å²) in [6.45, 7) is 14.6. The zero-order valence-electron chi connectivity index (χ0n) is 25.8. The van der Waals surface area contributed by atoms with E-state index in [9.17, 15) is 4.79 Å². The Morgan fingerprint density at radius 3 is 2.17 bits per heavy atom. The van der Waals surface area contributed by atoms with Crippen molar-refractivity contribution in [3.63, 3.8) is 0 Å². The smallest absolute Gasteiger partial charge is 0.338 e. The summed E-state index contributed by atoms with van der Waals surface area (Å²) >= 11 is 0. The molecule has 4 heteroatoms. The Bertz CT molecular complexity index is 1370. The van der Waals surface area contributed by atoms with Crippen LogP contribution in [0.3, 0.4) is 0 Å². The van der Waals surface area contributed by atoms with Crippen LogP contribution in [0, 0.1) is 0 Å². The molecule has 0 bridgehead atoms. The van der Waals surface area contributed by atoms with Crippen molar-refractivity contribution < 1.29 is 14.3 Å². The highest BCUT2D eigenvalue weighted by atomic mass is 16.5. The second kappa shape index (κ2) is 12.0. The van der Waals surface area contributed by atoms with Crippen LogP contribution < -0.4 is 10.1 Å². The van der Waals surface area contributed by atoms with E-state index in [-0.39, 0.29) is 16.8 Å². The molecular formula is C37H47NO3. The van der Waals surface area contributed by atoms with Crippen LogP contribution in [0.2, 0.25) is 0 Å². The van der Waals surface area contributed by atoms with Crippen molar-refractivity contribution in [1.29, 1.82) is 0 Å². The molecule has 5 rings (SSSR count). The molecule has 41 heavy (non-hydrogen) atoms. The third-order valence-electron chi connectivity index (χ3n) is 9.14. The first kappa shape index (κ1) is 29.4. The first-order chi connectivity index (χ1) is 19.6.